The van der Waals surface area contributed by atoms with Crippen molar-refractivity contribution >= 4 is 5.91 Å². The fraction of sp³-hybridized carbons (Fsp3) is 0.733. The number of nitrogens with one attached hydrogen (secondary N) is 1. The van der Waals surface area contributed by atoms with Gasteiger partial charge in [-0.25, -0.2) is 4.98 Å². The summed E-state index contributed by atoms with van der Waals surface area (Å²) in [6, 6.07) is 0. The van der Waals surface area contributed by atoms with Crippen molar-refractivity contribution < 1.29 is 4.79 Å². The van der Waals surface area contributed by atoms with E-state index in [2.05, 4.69) is 17.2 Å². The summed E-state index contributed by atoms with van der Waals surface area (Å²) in [5.74, 6) is 1.58. The number of aromatic nitrogens is 2. The molecule has 0 aromatic carbocycles. The molecule has 0 saturated heterocycles. The smallest absolute Gasteiger partial charge is 0.271 e. The molecule has 5 heteroatoms. The quantitative estimate of drug-likeness (QED) is 0.833. The molecular formula is C15H26N4O. The van der Waals surface area contributed by atoms with Crippen LogP contribution in [0.1, 0.15) is 49.5 Å². The topological polar surface area (TPSA) is 72.9 Å². The standard InChI is InChI=1S/C15H26N4O/c1-12-2-4-13(5-3-12)6-8-17-15(20)14-10-19(9-7-16)11-18-14/h10-13H,2-9,16H2,1H3,(H,17,20). The van der Waals surface area contributed by atoms with Gasteiger partial charge in [0.25, 0.3) is 5.91 Å². The Labute approximate surface area is 120 Å². The number of amides is 1. The first kappa shape index (κ1) is 15.0. The number of hydrogen-bond donors (Lipinski definition) is 2. The Morgan fingerprint density at radius 3 is 2.90 bits per heavy atom. The van der Waals surface area contributed by atoms with Gasteiger partial charge in [0.1, 0.15) is 5.69 Å². The molecule has 1 saturated carbocycles. The number of carbonyl (C=O) groups excluding carboxylic acids is 1. The molecule has 1 amide bonds. The molecule has 0 unspecified atom stereocenters. The molecule has 1 heterocycles. The van der Waals surface area contributed by atoms with E-state index in [1.165, 1.54) is 25.7 Å². The molecule has 1 aliphatic carbocycles. The first-order valence-electron chi connectivity index (χ1n) is 7.69. The zero-order chi connectivity index (χ0) is 14.4. The minimum Gasteiger partial charge on any atom is -0.351 e. The van der Waals surface area contributed by atoms with Crippen LogP contribution in [0.2, 0.25) is 0 Å². The Morgan fingerprint density at radius 1 is 1.45 bits per heavy atom. The van der Waals surface area contributed by atoms with Crippen LogP contribution in [0.15, 0.2) is 12.5 Å². The summed E-state index contributed by atoms with van der Waals surface area (Å²) in [4.78, 5) is 16.0. The summed E-state index contributed by atoms with van der Waals surface area (Å²) in [6.45, 7) is 4.33. The van der Waals surface area contributed by atoms with Crippen LogP contribution in [-0.4, -0.2) is 28.5 Å². The second-order valence-corrected chi connectivity index (χ2v) is 5.96. The van der Waals surface area contributed by atoms with E-state index < -0.39 is 0 Å². The number of imidazole rings is 1. The zero-order valence-corrected chi connectivity index (χ0v) is 12.3. The van der Waals surface area contributed by atoms with Crippen LogP contribution in [0.25, 0.3) is 0 Å². The molecule has 2 rings (SSSR count). The van der Waals surface area contributed by atoms with Crippen molar-refractivity contribution in [1.82, 2.24) is 14.9 Å². The molecule has 0 atom stereocenters. The molecule has 3 N–H and O–H groups in total. The predicted octanol–water partition coefficient (Wildman–Crippen LogP) is 1.79. The third-order valence-electron chi connectivity index (χ3n) is 4.23. The van der Waals surface area contributed by atoms with Crippen molar-refractivity contribution in [2.24, 2.45) is 17.6 Å². The van der Waals surface area contributed by atoms with Crippen molar-refractivity contribution in [3.63, 3.8) is 0 Å². The van der Waals surface area contributed by atoms with E-state index in [1.54, 1.807) is 12.5 Å². The maximum atomic E-state index is 11.9. The fourth-order valence-electron chi connectivity index (χ4n) is 2.85. The van der Waals surface area contributed by atoms with Crippen molar-refractivity contribution in [3.05, 3.63) is 18.2 Å². The van der Waals surface area contributed by atoms with E-state index in [0.717, 1.165) is 24.8 Å². The molecule has 1 aromatic heterocycles. The van der Waals surface area contributed by atoms with Gasteiger partial charge in [-0.2, -0.15) is 0 Å². The normalized spacial score (nSPS) is 22.7. The lowest BCUT2D eigenvalue weighted by atomic mass is 9.81. The average molecular weight is 278 g/mol. The van der Waals surface area contributed by atoms with Gasteiger partial charge in [0.2, 0.25) is 0 Å². The Bertz CT molecular complexity index is 421. The van der Waals surface area contributed by atoms with Crippen molar-refractivity contribution in [2.45, 2.75) is 45.6 Å². The molecule has 0 bridgehead atoms. The molecule has 5 nitrogen and oxygen atoms in total. The molecular weight excluding hydrogens is 252 g/mol. The maximum absolute atomic E-state index is 11.9. The lowest BCUT2D eigenvalue weighted by Crippen LogP contribution is -2.27. The zero-order valence-electron chi connectivity index (χ0n) is 12.3. The summed E-state index contributed by atoms with van der Waals surface area (Å²) < 4.78 is 1.84. The van der Waals surface area contributed by atoms with Gasteiger partial charge in [-0.1, -0.05) is 32.6 Å². The van der Waals surface area contributed by atoms with E-state index >= 15 is 0 Å². The number of hydrogen-bond acceptors (Lipinski definition) is 3. The minimum atomic E-state index is -0.0788. The Kier molecular flexibility index (Phi) is 5.59. The number of nitrogens with two attached hydrogens (primary N) is 1. The largest absolute Gasteiger partial charge is 0.351 e. The second-order valence-electron chi connectivity index (χ2n) is 5.96. The van der Waals surface area contributed by atoms with E-state index in [-0.39, 0.29) is 5.91 Å². The van der Waals surface area contributed by atoms with Gasteiger partial charge in [-0.15, -0.1) is 0 Å². The Hall–Kier alpha value is -1.36. The SMILES string of the molecule is CC1CCC(CCNC(=O)c2cn(CCN)cn2)CC1. The maximum Gasteiger partial charge on any atom is 0.271 e. The van der Waals surface area contributed by atoms with E-state index in [9.17, 15) is 4.79 Å². The molecule has 0 spiro atoms. The van der Waals surface area contributed by atoms with E-state index in [4.69, 9.17) is 5.73 Å². The molecule has 112 valence electrons. The number of nitrogens with zero attached hydrogens (tertiary/aromatic N) is 2. The number of carbonyl (C=O) groups is 1. The average Bonchev–Trinajstić information content (AvgIpc) is 2.90. The second kappa shape index (κ2) is 7.43. The highest BCUT2D eigenvalue weighted by atomic mass is 16.1. The van der Waals surface area contributed by atoms with Crippen LogP contribution in [0.3, 0.4) is 0 Å². The monoisotopic (exact) mass is 278 g/mol. The molecule has 1 fully saturated rings. The molecule has 1 aliphatic rings. The van der Waals surface area contributed by atoms with Crippen LogP contribution >= 0.6 is 0 Å². The minimum absolute atomic E-state index is 0.0788. The molecule has 0 aliphatic heterocycles. The van der Waals surface area contributed by atoms with Crippen LogP contribution in [0, 0.1) is 11.8 Å². The van der Waals surface area contributed by atoms with Gasteiger partial charge in [0.05, 0.1) is 6.33 Å². The van der Waals surface area contributed by atoms with E-state index in [1.807, 2.05) is 4.57 Å². The van der Waals surface area contributed by atoms with Gasteiger partial charge in [-0.05, 0) is 18.3 Å². The van der Waals surface area contributed by atoms with Crippen LogP contribution < -0.4 is 11.1 Å². The summed E-state index contributed by atoms with van der Waals surface area (Å²) in [5.41, 5.74) is 5.95. The third-order valence-corrected chi connectivity index (χ3v) is 4.23. The summed E-state index contributed by atoms with van der Waals surface area (Å²) in [6.07, 6.45) is 9.78. The highest BCUT2D eigenvalue weighted by molar-refractivity contribution is 5.91. The van der Waals surface area contributed by atoms with Crippen LogP contribution in [0.4, 0.5) is 0 Å². The lowest BCUT2D eigenvalue weighted by molar-refractivity contribution is 0.0945. The fourth-order valence-corrected chi connectivity index (χ4v) is 2.85. The van der Waals surface area contributed by atoms with Crippen molar-refractivity contribution in [1.29, 1.82) is 0 Å². The highest BCUT2D eigenvalue weighted by Crippen LogP contribution is 2.29. The summed E-state index contributed by atoms with van der Waals surface area (Å²) in [7, 11) is 0. The Balaban J connectivity index is 1.69. The first-order chi connectivity index (χ1) is 9.69. The van der Waals surface area contributed by atoms with E-state index in [0.29, 0.717) is 18.8 Å². The lowest BCUT2D eigenvalue weighted by Gasteiger charge is -2.26. The molecule has 20 heavy (non-hydrogen) atoms. The van der Waals surface area contributed by atoms with Crippen LogP contribution in [0.5, 0.6) is 0 Å². The Morgan fingerprint density at radius 2 is 2.20 bits per heavy atom. The van der Waals surface area contributed by atoms with Gasteiger partial charge < -0.3 is 15.6 Å². The van der Waals surface area contributed by atoms with Gasteiger partial charge in [-0.3, -0.25) is 4.79 Å². The van der Waals surface area contributed by atoms with Gasteiger partial charge in [0.15, 0.2) is 0 Å². The molecule has 0 radical (unpaired) electrons. The van der Waals surface area contributed by atoms with Crippen molar-refractivity contribution in [3.8, 4) is 0 Å². The third kappa shape index (κ3) is 4.34. The van der Waals surface area contributed by atoms with Gasteiger partial charge in [0, 0.05) is 25.8 Å². The van der Waals surface area contributed by atoms with Crippen LogP contribution in [-0.2, 0) is 6.54 Å². The number of rotatable bonds is 6. The summed E-state index contributed by atoms with van der Waals surface area (Å²) in [5, 5.41) is 2.97. The van der Waals surface area contributed by atoms with Crippen molar-refractivity contribution in [2.75, 3.05) is 13.1 Å². The predicted molar refractivity (Wildman–Crippen MR) is 79.4 cm³/mol. The summed E-state index contributed by atoms with van der Waals surface area (Å²) >= 11 is 0. The molecule has 1 aromatic rings. The highest BCUT2D eigenvalue weighted by Gasteiger charge is 2.18. The first-order valence-corrected chi connectivity index (χ1v) is 7.69. The van der Waals surface area contributed by atoms with Gasteiger partial charge >= 0.3 is 0 Å².